The molecule has 1 atom stereocenters. The van der Waals surface area contributed by atoms with E-state index in [-0.39, 0.29) is 5.75 Å². The van der Waals surface area contributed by atoms with Gasteiger partial charge in [0.15, 0.2) is 5.75 Å². The Hall–Kier alpha value is -1.81. The summed E-state index contributed by atoms with van der Waals surface area (Å²) in [7, 11) is 0. The SMILES string of the molecule is C=CCC(C(=O)O)c1ccc(OO)cc1. The number of carboxylic acid groups (broad SMARTS) is 1. The summed E-state index contributed by atoms with van der Waals surface area (Å²) in [5.74, 6) is -1.22. The van der Waals surface area contributed by atoms with E-state index >= 15 is 0 Å². The molecule has 0 fully saturated rings. The van der Waals surface area contributed by atoms with Gasteiger partial charge in [0.2, 0.25) is 0 Å². The van der Waals surface area contributed by atoms with Crippen molar-refractivity contribution in [1.82, 2.24) is 0 Å². The van der Waals surface area contributed by atoms with Crippen molar-refractivity contribution in [1.29, 1.82) is 0 Å². The Kier molecular flexibility index (Phi) is 3.88. The van der Waals surface area contributed by atoms with Gasteiger partial charge in [-0.05, 0) is 24.1 Å². The van der Waals surface area contributed by atoms with Crippen molar-refractivity contribution in [3.63, 3.8) is 0 Å². The number of hydrogen-bond acceptors (Lipinski definition) is 3. The molecule has 0 aliphatic rings. The largest absolute Gasteiger partial charge is 0.481 e. The van der Waals surface area contributed by atoms with Gasteiger partial charge in [-0.3, -0.25) is 4.79 Å². The van der Waals surface area contributed by atoms with Crippen LogP contribution in [0.2, 0.25) is 0 Å². The normalized spacial score (nSPS) is 11.8. The number of carbonyl (C=O) groups is 1. The average Bonchev–Trinajstić information content (AvgIpc) is 2.26. The number of hydrogen-bond donors (Lipinski definition) is 2. The molecule has 1 aromatic rings. The zero-order valence-electron chi connectivity index (χ0n) is 8.09. The van der Waals surface area contributed by atoms with E-state index in [4.69, 9.17) is 10.4 Å². The summed E-state index contributed by atoms with van der Waals surface area (Å²) in [6, 6.07) is 6.23. The lowest BCUT2D eigenvalue weighted by Crippen LogP contribution is -2.10. The Balaban J connectivity index is 2.91. The van der Waals surface area contributed by atoms with Gasteiger partial charge in [0, 0.05) is 0 Å². The van der Waals surface area contributed by atoms with E-state index < -0.39 is 11.9 Å². The van der Waals surface area contributed by atoms with Crippen molar-refractivity contribution in [3.8, 4) is 5.75 Å². The Bertz CT molecular complexity index is 342. The van der Waals surface area contributed by atoms with Crippen molar-refractivity contribution < 1.29 is 20.0 Å². The van der Waals surface area contributed by atoms with E-state index in [2.05, 4.69) is 11.5 Å². The highest BCUT2D eigenvalue weighted by Crippen LogP contribution is 2.22. The molecular weight excluding hydrogens is 196 g/mol. The van der Waals surface area contributed by atoms with Crippen molar-refractivity contribution in [2.24, 2.45) is 0 Å². The van der Waals surface area contributed by atoms with Gasteiger partial charge in [0.25, 0.3) is 0 Å². The van der Waals surface area contributed by atoms with Crippen molar-refractivity contribution >= 4 is 5.97 Å². The van der Waals surface area contributed by atoms with Crippen LogP contribution in [0.5, 0.6) is 5.75 Å². The molecule has 0 aromatic heterocycles. The van der Waals surface area contributed by atoms with E-state index in [1.807, 2.05) is 0 Å². The molecule has 1 rings (SSSR count). The first-order valence-corrected chi connectivity index (χ1v) is 4.44. The van der Waals surface area contributed by atoms with Crippen LogP contribution < -0.4 is 4.89 Å². The van der Waals surface area contributed by atoms with Crippen molar-refractivity contribution in [2.75, 3.05) is 0 Å². The highest BCUT2D eigenvalue weighted by atomic mass is 17.1. The van der Waals surface area contributed by atoms with E-state index in [9.17, 15) is 4.79 Å². The van der Waals surface area contributed by atoms with Gasteiger partial charge in [-0.1, -0.05) is 18.2 Å². The van der Waals surface area contributed by atoms with Crippen molar-refractivity contribution in [2.45, 2.75) is 12.3 Å². The van der Waals surface area contributed by atoms with E-state index in [0.29, 0.717) is 12.0 Å². The number of rotatable bonds is 5. The minimum Gasteiger partial charge on any atom is -0.481 e. The van der Waals surface area contributed by atoms with Crippen LogP contribution in [0.3, 0.4) is 0 Å². The molecule has 0 aliphatic heterocycles. The summed E-state index contributed by atoms with van der Waals surface area (Å²) in [6.45, 7) is 3.51. The molecule has 0 spiro atoms. The maximum Gasteiger partial charge on any atom is 0.311 e. The Morgan fingerprint density at radius 3 is 2.47 bits per heavy atom. The first kappa shape index (κ1) is 11.3. The zero-order valence-corrected chi connectivity index (χ0v) is 8.09. The molecule has 1 unspecified atom stereocenters. The lowest BCUT2D eigenvalue weighted by molar-refractivity contribution is -0.138. The smallest absolute Gasteiger partial charge is 0.311 e. The fourth-order valence-electron chi connectivity index (χ4n) is 1.31. The second-order valence-electron chi connectivity index (χ2n) is 3.08. The van der Waals surface area contributed by atoms with Crippen LogP contribution in [0.25, 0.3) is 0 Å². The molecule has 0 heterocycles. The number of benzene rings is 1. The van der Waals surface area contributed by atoms with Gasteiger partial charge in [0.1, 0.15) is 0 Å². The fraction of sp³-hybridized carbons (Fsp3) is 0.182. The number of aliphatic carboxylic acids is 1. The van der Waals surface area contributed by atoms with Crippen LogP contribution in [-0.4, -0.2) is 16.3 Å². The molecule has 15 heavy (non-hydrogen) atoms. The monoisotopic (exact) mass is 208 g/mol. The Morgan fingerprint density at radius 2 is 2.07 bits per heavy atom. The van der Waals surface area contributed by atoms with Crippen LogP contribution in [0, 0.1) is 0 Å². The molecule has 80 valence electrons. The lowest BCUT2D eigenvalue weighted by Gasteiger charge is -2.10. The predicted octanol–water partition coefficient (Wildman–Crippen LogP) is 2.28. The van der Waals surface area contributed by atoms with Crippen molar-refractivity contribution in [3.05, 3.63) is 42.5 Å². The molecule has 4 heteroatoms. The molecule has 1 aromatic carbocycles. The molecular formula is C11H12O4. The average molecular weight is 208 g/mol. The highest BCUT2D eigenvalue weighted by Gasteiger charge is 2.17. The molecule has 0 bridgehead atoms. The molecule has 2 N–H and O–H groups in total. The topological polar surface area (TPSA) is 66.8 Å². The Labute approximate surface area is 87.4 Å². The van der Waals surface area contributed by atoms with Gasteiger partial charge in [0.05, 0.1) is 5.92 Å². The summed E-state index contributed by atoms with van der Waals surface area (Å²) in [6.07, 6.45) is 1.93. The predicted molar refractivity (Wildman–Crippen MR) is 54.9 cm³/mol. The van der Waals surface area contributed by atoms with Crippen LogP contribution in [-0.2, 0) is 4.79 Å². The van der Waals surface area contributed by atoms with Crippen LogP contribution >= 0.6 is 0 Å². The third kappa shape index (κ3) is 2.82. The summed E-state index contributed by atoms with van der Waals surface area (Å²) >= 11 is 0. The Morgan fingerprint density at radius 1 is 1.47 bits per heavy atom. The van der Waals surface area contributed by atoms with Gasteiger partial charge in [-0.2, -0.15) is 0 Å². The molecule has 0 saturated heterocycles. The molecule has 0 saturated carbocycles. The van der Waals surface area contributed by atoms with Crippen LogP contribution in [0.15, 0.2) is 36.9 Å². The first-order chi connectivity index (χ1) is 7.19. The highest BCUT2D eigenvalue weighted by molar-refractivity contribution is 5.76. The van der Waals surface area contributed by atoms with Crippen LogP contribution in [0.1, 0.15) is 17.9 Å². The molecule has 0 amide bonds. The summed E-state index contributed by atoms with van der Waals surface area (Å²) < 4.78 is 0. The summed E-state index contributed by atoms with van der Waals surface area (Å²) in [5.41, 5.74) is 0.656. The zero-order chi connectivity index (χ0) is 11.3. The molecule has 0 aliphatic carbocycles. The number of carboxylic acids is 1. The first-order valence-electron chi connectivity index (χ1n) is 4.44. The summed E-state index contributed by atoms with van der Waals surface area (Å²) in [4.78, 5) is 14.9. The van der Waals surface area contributed by atoms with Gasteiger partial charge in [-0.25, -0.2) is 5.26 Å². The van der Waals surface area contributed by atoms with Crippen LogP contribution in [0.4, 0.5) is 0 Å². The van der Waals surface area contributed by atoms with Gasteiger partial charge >= 0.3 is 5.97 Å². The maximum absolute atomic E-state index is 10.9. The molecule has 0 radical (unpaired) electrons. The summed E-state index contributed by atoms with van der Waals surface area (Å²) in [5, 5.41) is 17.3. The van der Waals surface area contributed by atoms with Gasteiger partial charge < -0.3 is 9.99 Å². The lowest BCUT2D eigenvalue weighted by atomic mass is 9.96. The third-order valence-corrected chi connectivity index (χ3v) is 2.09. The maximum atomic E-state index is 10.9. The fourth-order valence-corrected chi connectivity index (χ4v) is 1.31. The van der Waals surface area contributed by atoms with Gasteiger partial charge in [-0.15, -0.1) is 6.58 Å². The minimum atomic E-state index is -0.896. The third-order valence-electron chi connectivity index (χ3n) is 2.09. The second-order valence-corrected chi connectivity index (χ2v) is 3.08. The molecule has 4 nitrogen and oxygen atoms in total. The van der Waals surface area contributed by atoms with E-state index in [1.54, 1.807) is 18.2 Å². The number of allylic oxidation sites excluding steroid dienone is 1. The quantitative estimate of drug-likeness (QED) is 0.442. The second kappa shape index (κ2) is 5.17. The standard InChI is InChI=1S/C11H12O4/c1-2-3-10(11(12)13)8-4-6-9(15-14)7-5-8/h2,4-7,10,14H,1,3H2,(H,12,13). The van der Waals surface area contributed by atoms with E-state index in [1.165, 1.54) is 12.1 Å². The van der Waals surface area contributed by atoms with E-state index in [0.717, 1.165) is 0 Å². The minimum absolute atomic E-state index is 0.279.